The van der Waals surface area contributed by atoms with Crippen LogP contribution in [0.1, 0.15) is 12.5 Å². The van der Waals surface area contributed by atoms with Crippen LogP contribution in [0, 0.1) is 0 Å². The van der Waals surface area contributed by atoms with Gasteiger partial charge in [0, 0.05) is 11.7 Å². The second kappa shape index (κ2) is 6.71. The molecule has 6 heteroatoms. The molecule has 2 unspecified atom stereocenters. The lowest BCUT2D eigenvalue weighted by atomic mass is 10.1. The summed E-state index contributed by atoms with van der Waals surface area (Å²) in [6, 6.07) is 14.9. The highest BCUT2D eigenvalue weighted by atomic mass is 16.6. The second-order valence-corrected chi connectivity index (χ2v) is 6.42. The molecule has 0 radical (unpaired) electrons. The minimum Gasteiger partial charge on any atom is -0.485 e. The number of carbonyl (C=O) groups excluding carboxylic acids is 2. The number of nitrogens with zero attached hydrogens (tertiary/aromatic N) is 1. The molecule has 0 bridgehead atoms. The monoisotopic (exact) mass is 353 g/mol. The Morgan fingerprint density at radius 1 is 1.12 bits per heavy atom. The highest BCUT2D eigenvalue weighted by molar-refractivity contribution is 5.98. The normalized spacial score (nSPS) is 20.4. The van der Waals surface area contributed by atoms with Crippen LogP contribution in [0.3, 0.4) is 0 Å². The Kier molecular flexibility index (Phi) is 4.24. The Hall–Kier alpha value is -3.02. The summed E-state index contributed by atoms with van der Waals surface area (Å²) < 4.78 is 16.3. The summed E-state index contributed by atoms with van der Waals surface area (Å²) >= 11 is 0. The number of carbonyl (C=O) groups is 2. The van der Waals surface area contributed by atoms with Crippen molar-refractivity contribution < 1.29 is 23.8 Å². The standard InChI is InChI=1S/C20H19NO5/c1-13-10-14-6-2-3-7-15(14)21(13)19(22)12-25-20(23)18-11-24-16-8-4-5-9-17(16)26-18/h2-9,13,18H,10-12H2,1H3. The van der Waals surface area contributed by atoms with E-state index in [1.165, 1.54) is 0 Å². The average Bonchev–Trinajstić information content (AvgIpc) is 3.01. The van der Waals surface area contributed by atoms with Gasteiger partial charge in [-0.2, -0.15) is 0 Å². The Morgan fingerprint density at radius 2 is 1.85 bits per heavy atom. The largest absolute Gasteiger partial charge is 0.485 e. The number of esters is 1. The fourth-order valence-electron chi connectivity index (χ4n) is 3.38. The van der Waals surface area contributed by atoms with E-state index in [-0.39, 0.29) is 25.2 Å². The van der Waals surface area contributed by atoms with Crippen LogP contribution in [0.25, 0.3) is 0 Å². The molecule has 0 aromatic heterocycles. The minimum atomic E-state index is -0.874. The van der Waals surface area contributed by atoms with Crippen LogP contribution >= 0.6 is 0 Å². The lowest BCUT2D eigenvalue weighted by Crippen LogP contribution is -2.42. The van der Waals surface area contributed by atoms with E-state index in [0.717, 1.165) is 17.7 Å². The summed E-state index contributed by atoms with van der Waals surface area (Å²) in [5, 5.41) is 0. The number of anilines is 1. The SMILES string of the molecule is CC1Cc2ccccc2N1C(=O)COC(=O)C1COc2ccccc2O1. The smallest absolute Gasteiger partial charge is 0.351 e. The summed E-state index contributed by atoms with van der Waals surface area (Å²) in [4.78, 5) is 26.5. The van der Waals surface area contributed by atoms with Gasteiger partial charge in [0.05, 0.1) is 0 Å². The third-order valence-electron chi connectivity index (χ3n) is 4.59. The van der Waals surface area contributed by atoms with E-state index in [2.05, 4.69) is 0 Å². The van der Waals surface area contributed by atoms with E-state index in [4.69, 9.17) is 14.2 Å². The first-order valence-electron chi connectivity index (χ1n) is 8.58. The van der Waals surface area contributed by atoms with Gasteiger partial charge >= 0.3 is 5.97 Å². The van der Waals surface area contributed by atoms with Crippen LogP contribution in [0.5, 0.6) is 11.5 Å². The topological polar surface area (TPSA) is 65.1 Å². The molecule has 0 aliphatic carbocycles. The quantitative estimate of drug-likeness (QED) is 0.793. The number of para-hydroxylation sites is 3. The average molecular weight is 353 g/mol. The number of hydrogen-bond acceptors (Lipinski definition) is 5. The van der Waals surface area contributed by atoms with Gasteiger partial charge in [0.15, 0.2) is 18.1 Å². The summed E-state index contributed by atoms with van der Waals surface area (Å²) in [6.45, 7) is 1.72. The lowest BCUT2D eigenvalue weighted by molar-refractivity contribution is -0.157. The molecule has 2 heterocycles. The third-order valence-corrected chi connectivity index (χ3v) is 4.59. The van der Waals surface area contributed by atoms with Crippen LogP contribution < -0.4 is 14.4 Å². The molecular formula is C20H19NO5. The van der Waals surface area contributed by atoms with E-state index < -0.39 is 12.1 Å². The van der Waals surface area contributed by atoms with Crippen molar-refractivity contribution in [2.45, 2.75) is 25.5 Å². The van der Waals surface area contributed by atoms with E-state index >= 15 is 0 Å². The molecule has 26 heavy (non-hydrogen) atoms. The van der Waals surface area contributed by atoms with Crippen molar-refractivity contribution >= 4 is 17.6 Å². The van der Waals surface area contributed by atoms with Gasteiger partial charge in [0.1, 0.15) is 6.61 Å². The highest BCUT2D eigenvalue weighted by Crippen LogP contribution is 2.32. The number of rotatable bonds is 3. The van der Waals surface area contributed by atoms with E-state index in [1.54, 1.807) is 23.1 Å². The predicted octanol–water partition coefficient (Wildman–Crippen LogP) is 2.35. The fourth-order valence-corrected chi connectivity index (χ4v) is 3.38. The Morgan fingerprint density at radius 3 is 2.69 bits per heavy atom. The first kappa shape index (κ1) is 16.4. The highest BCUT2D eigenvalue weighted by Gasteiger charge is 2.33. The molecule has 0 saturated heterocycles. The number of amides is 1. The van der Waals surface area contributed by atoms with Gasteiger partial charge in [-0.15, -0.1) is 0 Å². The van der Waals surface area contributed by atoms with Crippen LogP contribution in [-0.4, -0.2) is 37.2 Å². The molecule has 0 saturated carbocycles. The first-order chi connectivity index (χ1) is 12.6. The Balaban J connectivity index is 1.37. The zero-order valence-corrected chi connectivity index (χ0v) is 14.4. The number of fused-ring (bicyclic) bond motifs is 2. The maximum atomic E-state index is 12.6. The van der Waals surface area contributed by atoms with Crippen molar-refractivity contribution in [3.8, 4) is 11.5 Å². The summed E-state index contributed by atoms with van der Waals surface area (Å²) in [6.07, 6.45) is -0.0762. The van der Waals surface area contributed by atoms with E-state index in [9.17, 15) is 9.59 Å². The predicted molar refractivity (Wildman–Crippen MR) is 94.4 cm³/mol. The molecular weight excluding hydrogens is 334 g/mol. The molecule has 2 aliphatic heterocycles. The van der Waals surface area contributed by atoms with Crippen LogP contribution in [0.15, 0.2) is 48.5 Å². The van der Waals surface area contributed by atoms with Crippen LogP contribution in [0.4, 0.5) is 5.69 Å². The molecule has 2 atom stereocenters. The molecule has 4 rings (SSSR count). The van der Waals surface area contributed by atoms with Crippen molar-refractivity contribution in [3.05, 3.63) is 54.1 Å². The number of ether oxygens (including phenoxy) is 3. The number of hydrogen-bond donors (Lipinski definition) is 0. The van der Waals surface area contributed by atoms with Gasteiger partial charge in [-0.1, -0.05) is 30.3 Å². The molecule has 2 aliphatic rings. The van der Waals surface area contributed by atoms with E-state index in [1.807, 2.05) is 37.3 Å². The maximum absolute atomic E-state index is 12.6. The summed E-state index contributed by atoms with van der Waals surface area (Å²) in [5.74, 6) is 0.241. The number of benzene rings is 2. The molecule has 1 amide bonds. The summed E-state index contributed by atoms with van der Waals surface area (Å²) in [7, 11) is 0. The zero-order valence-electron chi connectivity index (χ0n) is 14.4. The Labute approximate surface area is 151 Å². The van der Waals surface area contributed by atoms with Gasteiger partial charge < -0.3 is 19.1 Å². The Bertz CT molecular complexity index is 850. The van der Waals surface area contributed by atoms with Gasteiger partial charge in [-0.3, -0.25) is 4.79 Å². The molecule has 6 nitrogen and oxygen atoms in total. The molecule has 2 aromatic carbocycles. The first-order valence-corrected chi connectivity index (χ1v) is 8.58. The van der Waals surface area contributed by atoms with Crippen molar-refractivity contribution in [2.75, 3.05) is 18.1 Å². The third kappa shape index (κ3) is 2.98. The van der Waals surface area contributed by atoms with Crippen molar-refractivity contribution in [1.82, 2.24) is 0 Å². The molecule has 134 valence electrons. The van der Waals surface area contributed by atoms with Crippen LogP contribution in [-0.2, 0) is 20.7 Å². The van der Waals surface area contributed by atoms with Crippen molar-refractivity contribution in [1.29, 1.82) is 0 Å². The molecule has 0 N–H and O–H groups in total. The van der Waals surface area contributed by atoms with E-state index in [0.29, 0.717) is 11.5 Å². The van der Waals surface area contributed by atoms with Gasteiger partial charge in [-0.05, 0) is 37.1 Å². The lowest BCUT2D eigenvalue weighted by Gasteiger charge is -2.26. The summed E-state index contributed by atoms with van der Waals surface area (Å²) in [5.41, 5.74) is 2.01. The molecule has 2 aromatic rings. The van der Waals surface area contributed by atoms with Gasteiger partial charge in [-0.25, -0.2) is 4.79 Å². The van der Waals surface area contributed by atoms with Crippen molar-refractivity contribution in [3.63, 3.8) is 0 Å². The zero-order chi connectivity index (χ0) is 18.1. The fraction of sp³-hybridized carbons (Fsp3) is 0.300. The van der Waals surface area contributed by atoms with Crippen molar-refractivity contribution in [2.24, 2.45) is 0 Å². The second-order valence-electron chi connectivity index (χ2n) is 6.42. The van der Waals surface area contributed by atoms with Crippen LogP contribution in [0.2, 0.25) is 0 Å². The molecule has 0 fully saturated rings. The maximum Gasteiger partial charge on any atom is 0.351 e. The minimum absolute atomic E-state index is 0.0414. The molecule has 0 spiro atoms. The van der Waals surface area contributed by atoms with Gasteiger partial charge in [0.2, 0.25) is 6.10 Å². The van der Waals surface area contributed by atoms with Gasteiger partial charge in [0.25, 0.3) is 5.91 Å².